The van der Waals surface area contributed by atoms with Crippen molar-refractivity contribution in [3.63, 3.8) is 0 Å². The Morgan fingerprint density at radius 1 is 0.339 bits per heavy atom. The molecule has 0 N–H and O–H groups in total. The Labute approximate surface area is 341 Å². The summed E-state index contributed by atoms with van der Waals surface area (Å²) in [6, 6.07) is 58.8. The second-order valence-electron chi connectivity index (χ2n) is 15.9. The number of fused-ring (bicyclic) bond motifs is 9. The molecule has 0 saturated heterocycles. The molecule has 8 aromatic carbocycles. The molecule has 0 aliphatic rings. The summed E-state index contributed by atoms with van der Waals surface area (Å²) in [6.07, 6.45) is 0. The Balaban J connectivity index is 1.51. The van der Waals surface area contributed by atoms with E-state index in [1.807, 2.05) is 30.3 Å². The number of aromatic nitrogens is 3. The van der Waals surface area contributed by atoms with Gasteiger partial charge in [-0.1, -0.05) is 113 Å². The number of aryl methyl sites for hydroxylation is 4. The average Bonchev–Trinajstić information content (AvgIpc) is 3.87. The van der Waals surface area contributed by atoms with Crippen molar-refractivity contribution in [2.75, 3.05) is 0 Å². The van der Waals surface area contributed by atoms with Gasteiger partial charge in [-0.3, -0.25) is 0 Å². The highest BCUT2D eigenvalue weighted by molar-refractivity contribution is 6.15. The van der Waals surface area contributed by atoms with Crippen molar-refractivity contribution in [2.24, 2.45) is 0 Å². The van der Waals surface area contributed by atoms with E-state index in [1.165, 1.54) is 0 Å². The van der Waals surface area contributed by atoms with Crippen LogP contribution >= 0.6 is 0 Å². The first-order valence-corrected chi connectivity index (χ1v) is 20.0. The van der Waals surface area contributed by atoms with E-state index in [4.69, 9.17) is 0 Å². The minimum Gasteiger partial charge on any atom is -0.306 e. The van der Waals surface area contributed by atoms with Crippen molar-refractivity contribution < 1.29 is 0 Å². The lowest BCUT2D eigenvalue weighted by molar-refractivity contribution is 1.04. The Kier molecular flexibility index (Phi) is 7.48. The minimum atomic E-state index is 0.431. The van der Waals surface area contributed by atoms with Gasteiger partial charge in [0.15, 0.2) is 0 Å². The third-order valence-corrected chi connectivity index (χ3v) is 12.1. The molecule has 0 unspecified atom stereocenters. The van der Waals surface area contributed by atoms with E-state index < -0.39 is 0 Å². The van der Waals surface area contributed by atoms with Crippen LogP contribution in [0.1, 0.15) is 33.4 Å². The third kappa shape index (κ3) is 4.89. The molecule has 59 heavy (non-hydrogen) atoms. The molecular formula is C54H37N5. The Morgan fingerprint density at radius 2 is 0.661 bits per heavy atom. The number of benzene rings is 8. The lowest BCUT2D eigenvalue weighted by Crippen LogP contribution is -2.15. The molecular weight excluding hydrogens is 719 g/mol. The molecule has 278 valence electrons. The number of para-hydroxylation sites is 2. The molecule has 0 bridgehead atoms. The van der Waals surface area contributed by atoms with Gasteiger partial charge in [0, 0.05) is 37.9 Å². The summed E-state index contributed by atoms with van der Waals surface area (Å²) in [6.45, 7) is 8.50. The maximum absolute atomic E-state index is 11.8. The molecule has 0 fully saturated rings. The number of nitrogens with zero attached hydrogens (tertiary/aromatic N) is 5. The normalized spacial score (nSPS) is 11.7. The van der Waals surface area contributed by atoms with Crippen LogP contribution < -0.4 is 0 Å². The summed E-state index contributed by atoms with van der Waals surface area (Å²) < 4.78 is 6.90. The first-order valence-electron chi connectivity index (χ1n) is 20.0. The maximum atomic E-state index is 11.8. The van der Waals surface area contributed by atoms with Gasteiger partial charge in [-0.25, -0.2) is 0 Å². The van der Waals surface area contributed by atoms with Crippen LogP contribution in [0.25, 0.3) is 93.6 Å². The van der Waals surface area contributed by atoms with Gasteiger partial charge in [0.05, 0.1) is 61.3 Å². The standard InChI is InChI=1S/C54H37N5/c1-32-18-22-47-39(26-32)37-14-8-10-16-45(37)57(47)52-43(30-55)51(36-12-6-5-7-13-36)44(31-56)53(58-49-24-20-34(3)28-41(49)42-29-35(4)21-25-50(42)58)54(52)59-46-17-11-9-15-38(46)40-27-33(2)19-23-48(40)59/h5-29H,1-4H3. The fourth-order valence-electron chi connectivity index (χ4n) is 9.62. The van der Waals surface area contributed by atoms with Gasteiger partial charge in [0.25, 0.3) is 0 Å². The van der Waals surface area contributed by atoms with Gasteiger partial charge in [0.1, 0.15) is 12.1 Å². The summed E-state index contributed by atoms with van der Waals surface area (Å²) in [5, 5.41) is 30.2. The molecule has 0 aliphatic heterocycles. The predicted octanol–water partition coefficient (Wildman–Crippen LogP) is 13.6. The second kappa shape index (κ2) is 12.8. The largest absolute Gasteiger partial charge is 0.306 e. The molecule has 0 amide bonds. The summed E-state index contributed by atoms with van der Waals surface area (Å²) in [4.78, 5) is 0. The van der Waals surface area contributed by atoms with Gasteiger partial charge in [-0.2, -0.15) is 10.5 Å². The van der Waals surface area contributed by atoms with Crippen LogP contribution in [0.5, 0.6) is 0 Å². The smallest absolute Gasteiger partial charge is 0.102 e. The molecule has 5 nitrogen and oxygen atoms in total. The van der Waals surface area contributed by atoms with Crippen molar-refractivity contribution in [2.45, 2.75) is 27.7 Å². The molecule has 11 rings (SSSR count). The highest BCUT2D eigenvalue weighted by Gasteiger charge is 2.33. The van der Waals surface area contributed by atoms with Gasteiger partial charge in [-0.05, 0) is 93.9 Å². The molecule has 0 saturated carbocycles. The van der Waals surface area contributed by atoms with Gasteiger partial charge >= 0.3 is 0 Å². The summed E-state index contributed by atoms with van der Waals surface area (Å²) in [5.41, 5.74) is 15.0. The molecule has 0 atom stereocenters. The maximum Gasteiger partial charge on any atom is 0.102 e. The van der Waals surface area contributed by atoms with Gasteiger partial charge < -0.3 is 13.7 Å². The van der Waals surface area contributed by atoms with E-state index in [2.05, 4.69) is 175 Å². The lowest BCUT2D eigenvalue weighted by Gasteiger charge is -2.26. The topological polar surface area (TPSA) is 62.4 Å². The monoisotopic (exact) mass is 755 g/mol. The number of hydrogen-bond donors (Lipinski definition) is 0. The fourth-order valence-corrected chi connectivity index (χ4v) is 9.62. The molecule has 3 heterocycles. The van der Waals surface area contributed by atoms with Crippen LogP contribution in [0.3, 0.4) is 0 Å². The van der Waals surface area contributed by atoms with E-state index in [0.29, 0.717) is 28.1 Å². The van der Waals surface area contributed by atoms with Gasteiger partial charge in [-0.15, -0.1) is 0 Å². The number of rotatable bonds is 4. The Bertz CT molecular complexity index is 3610. The highest BCUT2D eigenvalue weighted by atomic mass is 15.1. The van der Waals surface area contributed by atoms with Crippen molar-refractivity contribution in [1.29, 1.82) is 10.5 Å². The first-order chi connectivity index (χ1) is 28.9. The fraction of sp³-hybridized carbons (Fsp3) is 0.0741. The SMILES string of the molecule is Cc1ccc2c(c1)c1ccccc1n2-c1c(C#N)c(-c2ccccc2)c(C#N)c(-n2c3ccc(C)cc3c3cc(C)ccc32)c1-n1c2ccccc2c2cc(C)ccc21. The summed E-state index contributed by atoms with van der Waals surface area (Å²) in [7, 11) is 0. The Morgan fingerprint density at radius 3 is 1.05 bits per heavy atom. The highest BCUT2D eigenvalue weighted by Crippen LogP contribution is 2.48. The summed E-state index contributed by atoms with van der Waals surface area (Å²) >= 11 is 0. The minimum absolute atomic E-state index is 0.431. The molecule has 0 spiro atoms. The molecule has 3 aromatic heterocycles. The van der Waals surface area contributed by atoms with Crippen LogP contribution in [-0.2, 0) is 0 Å². The van der Waals surface area contributed by atoms with E-state index >= 15 is 0 Å². The quantitative estimate of drug-likeness (QED) is 0.180. The van der Waals surface area contributed by atoms with Crippen molar-refractivity contribution in [3.8, 4) is 40.3 Å². The van der Waals surface area contributed by atoms with Crippen LogP contribution in [0, 0.1) is 50.4 Å². The molecule has 11 aromatic rings. The first kappa shape index (κ1) is 34.4. The van der Waals surface area contributed by atoms with Crippen molar-refractivity contribution >= 4 is 65.4 Å². The van der Waals surface area contributed by atoms with Crippen LogP contribution in [0.15, 0.2) is 152 Å². The molecule has 0 radical (unpaired) electrons. The van der Waals surface area contributed by atoms with E-state index in [1.54, 1.807) is 0 Å². The zero-order chi connectivity index (χ0) is 40.1. The zero-order valence-corrected chi connectivity index (χ0v) is 33.2. The number of hydrogen-bond acceptors (Lipinski definition) is 2. The second-order valence-corrected chi connectivity index (χ2v) is 15.9. The molecule has 5 heteroatoms. The van der Waals surface area contributed by atoms with Crippen molar-refractivity contribution in [3.05, 3.63) is 185 Å². The zero-order valence-electron chi connectivity index (χ0n) is 33.2. The van der Waals surface area contributed by atoms with Crippen molar-refractivity contribution in [1.82, 2.24) is 13.7 Å². The van der Waals surface area contributed by atoms with Crippen LogP contribution in [0.2, 0.25) is 0 Å². The summed E-state index contributed by atoms with van der Waals surface area (Å²) in [5.74, 6) is 0. The predicted molar refractivity (Wildman–Crippen MR) is 243 cm³/mol. The van der Waals surface area contributed by atoms with Crippen LogP contribution in [0.4, 0.5) is 0 Å². The van der Waals surface area contributed by atoms with Gasteiger partial charge in [0.2, 0.25) is 0 Å². The lowest BCUT2D eigenvalue weighted by atomic mass is 9.90. The van der Waals surface area contributed by atoms with Crippen LogP contribution in [-0.4, -0.2) is 13.7 Å². The van der Waals surface area contributed by atoms with E-state index in [9.17, 15) is 10.5 Å². The number of nitriles is 2. The average molecular weight is 756 g/mol. The third-order valence-electron chi connectivity index (χ3n) is 12.1. The van der Waals surface area contributed by atoms with E-state index in [0.717, 1.165) is 98.9 Å². The molecule has 0 aliphatic carbocycles. The Hall–Kier alpha value is -7.86. The van der Waals surface area contributed by atoms with E-state index in [-0.39, 0.29) is 0 Å².